The van der Waals surface area contributed by atoms with Crippen molar-refractivity contribution in [2.75, 3.05) is 19.6 Å². The number of halogens is 3. The van der Waals surface area contributed by atoms with Gasteiger partial charge in [-0.1, -0.05) is 55.3 Å². The number of nitrogens with zero attached hydrogens (tertiary/aromatic N) is 1. The summed E-state index contributed by atoms with van der Waals surface area (Å²) in [6.07, 6.45) is 0.522. The van der Waals surface area contributed by atoms with Gasteiger partial charge in [0.25, 0.3) is 0 Å². The van der Waals surface area contributed by atoms with Crippen molar-refractivity contribution >= 4 is 5.91 Å². The van der Waals surface area contributed by atoms with Gasteiger partial charge in [-0.2, -0.15) is 13.2 Å². The lowest BCUT2D eigenvalue weighted by molar-refractivity contribution is -0.135. The van der Waals surface area contributed by atoms with Crippen LogP contribution < -0.4 is 10.1 Å². The molecule has 1 heterocycles. The van der Waals surface area contributed by atoms with E-state index < -0.39 is 12.6 Å². The number of carbonyl (C=O) groups excluding carboxylic acids is 1. The van der Waals surface area contributed by atoms with Gasteiger partial charge < -0.3 is 15.0 Å². The number of likely N-dealkylation sites (tertiary alicyclic amines) is 1. The highest BCUT2D eigenvalue weighted by Gasteiger charge is 2.25. The molecule has 0 unspecified atom stereocenters. The SMILES string of the molecule is O=C(CCCCCCC(F)(F)F)N[C@@H](Cc1ccc(OCc2ccccc2)cc1)CN1CCCC1. The molecule has 1 aliphatic rings. The predicted molar refractivity (Wildman–Crippen MR) is 132 cm³/mol. The lowest BCUT2D eigenvalue weighted by Gasteiger charge is -2.25. The van der Waals surface area contributed by atoms with Crippen LogP contribution in [0.4, 0.5) is 13.2 Å². The average Bonchev–Trinajstić information content (AvgIpc) is 3.34. The molecule has 0 radical (unpaired) electrons. The van der Waals surface area contributed by atoms with Crippen LogP contribution in [-0.2, 0) is 17.8 Å². The molecule has 3 rings (SSSR count). The first-order valence-corrected chi connectivity index (χ1v) is 12.7. The molecule has 1 atom stereocenters. The number of ether oxygens (including phenoxy) is 1. The van der Waals surface area contributed by atoms with E-state index in [1.165, 1.54) is 12.8 Å². The van der Waals surface area contributed by atoms with Crippen LogP contribution in [0.2, 0.25) is 0 Å². The Morgan fingerprint density at radius 3 is 2.29 bits per heavy atom. The summed E-state index contributed by atoms with van der Waals surface area (Å²) in [4.78, 5) is 14.9. The van der Waals surface area contributed by atoms with Crippen molar-refractivity contribution in [1.82, 2.24) is 10.2 Å². The largest absolute Gasteiger partial charge is 0.489 e. The minimum atomic E-state index is -4.09. The van der Waals surface area contributed by atoms with Crippen molar-refractivity contribution in [3.05, 3.63) is 65.7 Å². The summed E-state index contributed by atoms with van der Waals surface area (Å²) in [5.41, 5.74) is 2.25. The van der Waals surface area contributed by atoms with Crippen molar-refractivity contribution in [3.8, 4) is 5.75 Å². The van der Waals surface area contributed by atoms with Gasteiger partial charge in [0.2, 0.25) is 5.91 Å². The maximum absolute atomic E-state index is 12.6. The van der Waals surface area contributed by atoms with Crippen molar-refractivity contribution in [2.24, 2.45) is 0 Å². The zero-order chi connectivity index (χ0) is 24.9. The molecule has 0 saturated carbocycles. The van der Waals surface area contributed by atoms with Crippen LogP contribution in [0.15, 0.2) is 54.6 Å². The van der Waals surface area contributed by atoms with E-state index in [-0.39, 0.29) is 18.4 Å². The van der Waals surface area contributed by atoms with Crippen LogP contribution in [-0.4, -0.2) is 42.7 Å². The molecular weight excluding hydrogens is 453 g/mol. The summed E-state index contributed by atoms with van der Waals surface area (Å²) < 4.78 is 42.6. The van der Waals surface area contributed by atoms with Gasteiger partial charge in [0.1, 0.15) is 12.4 Å². The van der Waals surface area contributed by atoms with Gasteiger partial charge >= 0.3 is 6.18 Å². The van der Waals surface area contributed by atoms with Gasteiger partial charge in [-0.3, -0.25) is 4.79 Å². The van der Waals surface area contributed by atoms with Gasteiger partial charge in [0, 0.05) is 25.4 Å². The fourth-order valence-corrected chi connectivity index (χ4v) is 4.45. The lowest BCUT2D eigenvalue weighted by atomic mass is 10.0. The molecule has 1 amide bonds. The molecule has 2 aromatic rings. The number of amides is 1. The van der Waals surface area contributed by atoms with Crippen molar-refractivity contribution in [3.63, 3.8) is 0 Å². The Morgan fingerprint density at radius 1 is 0.914 bits per heavy atom. The molecule has 1 N–H and O–H groups in total. The summed E-state index contributed by atoms with van der Waals surface area (Å²) in [5.74, 6) is 0.788. The van der Waals surface area contributed by atoms with Gasteiger partial charge in [-0.05, 0) is 68.5 Å². The third kappa shape index (κ3) is 11.2. The molecule has 1 fully saturated rings. The van der Waals surface area contributed by atoms with Gasteiger partial charge in [-0.15, -0.1) is 0 Å². The molecule has 192 valence electrons. The lowest BCUT2D eigenvalue weighted by Crippen LogP contribution is -2.44. The van der Waals surface area contributed by atoms with E-state index in [1.54, 1.807) is 0 Å². The fourth-order valence-electron chi connectivity index (χ4n) is 4.45. The molecular formula is C28H37F3N2O2. The third-order valence-corrected chi connectivity index (χ3v) is 6.31. The van der Waals surface area contributed by atoms with Crippen molar-refractivity contribution < 1.29 is 22.7 Å². The first kappa shape index (κ1) is 27.1. The standard InChI is InChI=1S/C28H37F3N2O2/c29-28(30,31)17-7-2-1-6-12-27(34)32-25(21-33-18-8-9-19-33)20-23-13-15-26(16-14-23)35-22-24-10-4-3-5-11-24/h3-5,10-11,13-16,25H,1-2,6-9,12,17-22H2,(H,32,34)/t25-/m0/s1. The van der Waals surface area contributed by atoms with Crippen LogP contribution in [0.3, 0.4) is 0 Å². The molecule has 0 bridgehead atoms. The molecule has 0 aromatic heterocycles. The number of nitrogens with one attached hydrogen (secondary N) is 1. The maximum atomic E-state index is 12.6. The smallest absolute Gasteiger partial charge is 0.389 e. The molecule has 7 heteroatoms. The summed E-state index contributed by atoms with van der Waals surface area (Å²) >= 11 is 0. The molecule has 0 aliphatic carbocycles. The van der Waals surface area contributed by atoms with E-state index in [2.05, 4.69) is 10.2 Å². The summed E-state index contributed by atoms with van der Waals surface area (Å²) in [7, 11) is 0. The van der Waals surface area contributed by atoms with Gasteiger partial charge in [-0.25, -0.2) is 0 Å². The number of rotatable bonds is 14. The van der Waals surface area contributed by atoms with Crippen LogP contribution in [0.5, 0.6) is 5.75 Å². The highest BCUT2D eigenvalue weighted by atomic mass is 19.4. The van der Waals surface area contributed by atoms with E-state index in [0.29, 0.717) is 32.3 Å². The number of benzene rings is 2. The maximum Gasteiger partial charge on any atom is 0.389 e. The second-order valence-electron chi connectivity index (χ2n) is 9.42. The second kappa shape index (κ2) is 14.1. The van der Waals surface area contributed by atoms with Crippen molar-refractivity contribution in [1.29, 1.82) is 0 Å². The van der Waals surface area contributed by atoms with Crippen LogP contribution in [0.1, 0.15) is 62.5 Å². The Labute approximate surface area is 206 Å². The van der Waals surface area contributed by atoms with Crippen molar-refractivity contribution in [2.45, 2.75) is 76.6 Å². The first-order chi connectivity index (χ1) is 16.9. The van der Waals surface area contributed by atoms with Crippen LogP contribution in [0.25, 0.3) is 0 Å². The molecule has 0 spiro atoms. The predicted octanol–water partition coefficient (Wildman–Crippen LogP) is 6.29. The summed E-state index contributed by atoms with van der Waals surface area (Å²) in [5, 5.41) is 3.18. The summed E-state index contributed by atoms with van der Waals surface area (Å²) in [6, 6.07) is 18.0. The van der Waals surface area contributed by atoms with E-state index in [1.807, 2.05) is 54.6 Å². The van der Waals surface area contributed by atoms with E-state index in [9.17, 15) is 18.0 Å². The Balaban J connectivity index is 1.45. The van der Waals surface area contributed by atoms with E-state index >= 15 is 0 Å². The third-order valence-electron chi connectivity index (χ3n) is 6.31. The Morgan fingerprint density at radius 2 is 1.60 bits per heavy atom. The number of unbranched alkanes of at least 4 members (excludes halogenated alkanes) is 3. The van der Waals surface area contributed by atoms with E-state index in [4.69, 9.17) is 4.74 Å². The minimum Gasteiger partial charge on any atom is -0.489 e. The quantitative estimate of drug-likeness (QED) is 0.316. The van der Waals surface area contributed by atoms with Crippen LogP contribution >= 0.6 is 0 Å². The molecule has 1 aliphatic heterocycles. The van der Waals surface area contributed by atoms with Gasteiger partial charge in [0.15, 0.2) is 0 Å². The average molecular weight is 491 g/mol. The molecule has 2 aromatic carbocycles. The number of alkyl halides is 3. The topological polar surface area (TPSA) is 41.6 Å². The molecule has 35 heavy (non-hydrogen) atoms. The highest BCUT2D eigenvalue weighted by Crippen LogP contribution is 2.23. The van der Waals surface area contributed by atoms with E-state index in [0.717, 1.165) is 42.9 Å². The molecule has 4 nitrogen and oxygen atoms in total. The van der Waals surface area contributed by atoms with Crippen LogP contribution in [0, 0.1) is 0 Å². The first-order valence-electron chi connectivity index (χ1n) is 12.7. The highest BCUT2D eigenvalue weighted by molar-refractivity contribution is 5.76. The minimum absolute atomic E-state index is 0.00177. The Kier molecular flexibility index (Phi) is 10.9. The zero-order valence-electron chi connectivity index (χ0n) is 20.4. The monoisotopic (exact) mass is 490 g/mol. The number of hydrogen-bond acceptors (Lipinski definition) is 3. The normalized spacial score (nSPS) is 15.2. The Hall–Kier alpha value is -2.54. The Bertz CT molecular complexity index is 866. The number of hydrogen-bond donors (Lipinski definition) is 1. The molecule has 1 saturated heterocycles. The zero-order valence-corrected chi connectivity index (χ0v) is 20.4. The fraction of sp³-hybridized carbons (Fsp3) is 0.536. The second-order valence-corrected chi connectivity index (χ2v) is 9.42. The number of carbonyl (C=O) groups is 1. The summed E-state index contributed by atoms with van der Waals surface area (Å²) in [6.45, 7) is 3.43. The van der Waals surface area contributed by atoms with Gasteiger partial charge in [0.05, 0.1) is 0 Å².